The Kier molecular flexibility index (Phi) is 5.50. The van der Waals surface area contributed by atoms with E-state index in [1.54, 1.807) is 13.0 Å². The molecular formula is C13H19ClN2O4S2. The number of rotatable bonds is 6. The summed E-state index contributed by atoms with van der Waals surface area (Å²) < 4.78 is 52.0. The maximum absolute atomic E-state index is 12.1. The van der Waals surface area contributed by atoms with Crippen LogP contribution in [-0.4, -0.2) is 46.5 Å². The summed E-state index contributed by atoms with van der Waals surface area (Å²) in [5.74, 6) is -0.244. The standard InChI is InChI=1S/C13H19ClN2O4S2/c1-11-4-5-12(10-13(11)14)22(19,20)15-6-9-21(17,18)16-7-2-3-8-16/h4-5,10,15H,2-3,6-9H2,1H3. The molecule has 6 nitrogen and oxygen atoms in total. The van der Waals surface area contributed by atoms with Crippen LogP contribution in [-0.2, 0) is 20.0 Å². The molecule has 1 saturated heterocycles. The highest BCUT2D eigenvalue weighted by atomic mass is 35.5. The first-order valence-corrected chi connectivity index (χ1v) is 10.4. The van der Waals surface area contributed by atoms with Crippen LogP contribution in [0.15, 0.2) is 23.1 Å². The van der Waals surface area contributed by atoms with Crippen molar-refractivity contribution in [3.05, 3.63) is 28.8 Å². The van der Waals surface area contributed by atoms with Crippen LogP contribution in [0.5, 0.6) is 0 Å². The fourth-order valence-corrected chi connectivity index (χ4v) is 5.09. The topological polar surface area (TPSA) is 83.5 Å². The second-order valence-corrected chi connectivity index (χ2v) is 9.49. The van der Waals surface area contributed by atoms with Gasteiger partial charge in [0.1, 0.15) is 0 Å². The predicted octanol–water partition coefficient (Wildman–Crippen LogP) is 1.35. The monoisotopic (exact) mass is 366 g/mol. The lowest BCUT2D eigenvalue weighted by atomic mass is 10.2. The molecular weight excluding hydrogens is 348 g/mol. The van der Waals surface area contributed by atoms with Gasteiger partial charge in [-0.15, -0.1) is 0 Å². The van der Waals surface area contributed by atoms with Gasteiger partial charge in [0, 0.05) is 24.7 Å². The molecule has 0 amide bonds. The highest BCUT2D eigenvalue weighted by Crippen LogP contribution is 2.20. The third kappa shape index (κ3) is 4.20. The quantitative estimate of drug-likeness (QED) is 0.823. The number of benzene rings is 1. The molecule has 1 N–H and O–H groups in total. The lowest BCUT2D eigenvalue weighted by Gasteiger charge is -2.15. The van der Waals surface area contributed by atoms with Gasteiger partial charge in [0.15, 0.2) is 0 Å². The normalized spacial score (nSPS) is 17.0. The van der Waals surface area contributed by atoms with E-state index in [0.29, 0.717) is 18.1 Å². The third-order valence-electron chi connectivity index (χ3n) is 3.56. The molecule has 0 spiro atoms. The van der Waals surface area contributed by atoms with Crippen molar-refractivity contribution in [2.45, 2.75) is 24.7 Å². The van der Waals surface area contributed by atoms with Crippen LogP contribution in [0.2, 0.25) is 5.02 Å². The summed E-state index contributed by atoms with van der Waals surface area (Å²) in [6.07, 6.45) is 1.71. The molecule has 2 rings (SSSR count). The number of aryl methyl sites for hydroxylation is 1. The van der Waals surface area contributed by atoms with Gasteiger partial charge in [-0.1, -0.05) is 17.7 Å². The van der Waals surface area contributed by atoms with Crippen molar-refractivity contribution in [1.29, 1.82) is 0 Å². The van der Waals surface area contributed by atoms with E-state index in [0.717, 1.165) is 18.4 Å². The first kappa shape index (κ1) is 17.7. The van der Waals surface area contributed by atoms with E-state index in [1.807, 2.05) is 0 Å². The van der Waals surface area contributed by atoms with Gasteiger partial charge in [-0.2, -0.15) is 0 Å². The summed E-state index contributed by atoms with van der Waals surface area (Å²) in [7, 11) is -7.16. The van der Waals surface area contributed by atoms with Crippen molar-refractivity contribution >= 4 is 31.6 Å². The molecule has 0 unspecified atom stereocenters. The molecule has 0 atom stereocenters. The second kappa shape index (κ2) is 6.84. The fraction of sp³-hybridized carbons (Fsp3) is 0.538. The van der Waals surface area contributed by atoms with Crippen molar-refractivity contribution in [3.63, 3.8) is 0 Å². The van der Waals surface area contributed by atoms with Crippen LogP contribution in [0.4, 0.5) is 0 Å². The molecule has 9 heteroatoms. The van der Waals surface area contributed by atoms with Gasteiger partial charge >= 0.3 is 0 Å². The molecule has 1 heterocycles. The summed E-state index contributed by atoms with van der Waals surface area (Å²) in [5.41, 5.74) is 0.775. The Morgan fingerprint density at radius 2 is 1.82 bits per heavy atom. The molecule has 0 aliphatic carbocycles. The molecule has 1 aliphatic rings. The van der Waals surface area contributed by atoms with Crippen LogP contribution >= 0.6 is 11.6 Å². The fourth-order valence-electron chi connectivity index (χ4n) is 2.22. The van der Waals surface area contributed by atoms with Crippen molar-refractivity contribution in [1.82, 2.24) is 9.03 Å². The summed E-state index contributed by atoms with van der Waals surface area (Å²) in [6, 6.07) is 4.41. The molecule has 0 radical (unpaired) electrons. The number of sulfonamides is 2. The van der Waals surface area contributed by atoms with Crippen molar-refractivity contribution in [2.24, 2.45) is 0 Å². The van der Waals surface area contributed by atoms with E-state index in [1.165, 1.54) is 16.4 Å². The van der Waals surface area contributed by atoms with Gasteiger partial charge in [-0.3, -0.25) is 0 Å². The molecule has 0 aromatic heterocycles. The number of nitrogens with one attached hydrogen (secondary N) is 1. The van der Waals surface area contributed by atoms with Gasteiger partial charge in [0.25, 0.3) is 0 Å². The van der Waals surface area contributed by atoms with Crippen molar-refractivity contribution in [2.75, 3.05) is 25.4 Å². The molecule has 0 bridgehead atoms. The Labute approximate surface area is 136 Å². The zero-order valence-corrected chi connectivity index (χ0v) is 14.6. The zero-order chi connectivity index (χ0) is 16.4. The highest BCUT2D eigenvalue weighted by Gasteiger charge is 2.25. The Morgan fingerprint density at radius 3 is 2.41 bits per heavy atom. The maximum Gasteiger partial charge on any atom is 0.240 e. The Balaban J connectivity index is 1.99. The molecule has 1 fully saturated rings. The Morgan fingerprint density at radius 1 is 1.18 bits per heavy atom. The average Bonchev–Trinajstić information content (AvgIpc) is 2.96. The van der Waals surface area contributed by atoms with Crippen LogP contribution in [0.25, 0.3) is 0 Å². The lowest BCUT2D eigenvalue weighted by Crippen LogP contribution is -2.36. The molecule has 22 heavy (non-hydrogen) atoms. The minimum Gasteiger partial charge on any atom is -0.212 e. The number of hydrogen-bond acceptors (Lipinski definition) is 4. The van der Waals surface area contributed by atoms with Gasteiger partial charge in [0.05, 0.1) is 10.6 Å². The van der Waals surface area contributed by atoms with E-state index < -0.39 is 20.0 Å². The summed E-state index contributed by atoms with van der Waals surface area (Å²) in [4.78, 5) is 0.0293. The molecule has 1 aromatic carbocycles. The zero-order valence-electron chi connectivity index (χ0n) is 12.2. The maximum atomic E-state index is 12.1. The summed E-state index contributed by atoms with van der Waals surface area (Å²) in [6.45, 7) is 2.65. The second-order valence-electron chi connectivity index (χ2n) is 5.23. The van der Waals surface area contributed by atoms with E-state index in [4.69, 9.17) is 11.6 Å². The van der Waals surface area contributed by atoms with E-state index in [2.05, 4.69) is 4.72 Å². The Hall–Kier alpha value is -0.670. The first-order chi connectivity index (χ1) is 10.2. The van der Waals surface area contributed by atoms with Gasteiger partial charge < -0.3 is 0 Å². The van der Waals surface area contributed by atoms with Gasteiger partial charge in [-0.05, 0) is 37.5 Å². The SMILES string of the molecule is Cc1ccc(S(=O)(=O)NCCS(=O)(=O)N2CCCC2)cc1Cl. The molecule has 0 saturated carbocycles. The summed E-state index contributed by atoms with van der Waals surface area (Å²) in [5, 5.41) is 0.354. The van der Waals surface area contributed by atoms with E-state index in [9.17, 15) is 16.8 Å². The van der Waals surface area contributed by atoms with E-state index in [-0.39, 0.29) is 17.2 Å². The average molecular weight is 367 g/mol. The largest absolute Gasteiger partial charge is 0.240 e. The molecule has 1 aromatic rings. The summed E-state index contributed by atoms with van der Waals surface area (Å²) >= 11 is 5.92. The number of halogens is 1. The van der Waals surface area contributed by atoms with Crippen molar-refractivity contribution < 1.29 is 16.8 Å². The van der Waals surface area contributed by atoms with Crippen LogP contribution in [0.1, 0.15) is 18.4 Å². The first-order valence-electron chi connectivity index (χ1n) is 6.96. The molecule has 1 aliphatic heterocycles. The Bertz CT molecular complexity index is 741. The third-order valence-corrected chi connectivity index (χ3v) is 7.30. The smallest absolute Gasteiger partial charge is 0.212 e. The molecule has 124 valence electrons. The highest BCUT2D eigenvalue weighted by molar-refractivity contribution is 7.90. The van der Waals surface area contributed by atoms with Crippen LogP contribution in [0, 0.1) is 6.92 Å². The van der Waals surface area contributed by atoms with Crippen molar-refractivity contribution in [3.8, 4) is 0 Å². The van der Waals surface area contributed by atoms with Crippen LogP contribution in [0.3, 0.4) is 0 Å². The number of hydrogen-bond donors (Lipinski definition) is 1. The van der Waals surface area contributed by atoms with Gasteiger partial charge in [-0.25, -0.2) is 25.9 Å². The minimum atomic E-state index is -3.76. The predicted molar refractivity (Wildman–Crippen MR) is 86.0 cm³/mol. The number of nitrogens with zero attached hydrogens (tertiary/aromatic N) is 1. The van der Waals surface area contributed by atoms with Crippen LogP contribution < -0.4 is 4.72 Å². The van der Waals surface area contributed by atoms with Gasteiger partial charge in [0.2, 0.25) is 20.0 Å². The van der Waals surface area contributed by atoms with E-state index >= 15 is 0 Å². The minimum absolute atomic E-state index is 0.0293. The lowest BCUT2D eigenvalue weighted by molar-refractivity contribution is 0.477.